The molecule has 0 spiro atoms. The van der Waals surface area contributed by atoms with Crippen LogP contribution < -0.4 is 0 Å². The van der Waals surface area contributed by atoms with Gasteiger partial charge in [-0.3, -0.25) is 4.90 Å². The lowest BCUT2D eigenvalue weighted by Crippen LogP contribution is -2.50. The van der Waals surface area contributed by atoms with Gasteiger partial charge in [0.2, 0.25) is 10.0 Å². The molecule has 2 aromatic rings. The Morgan fingerprint density at radius 2 is 1.93 bits per heavy atom. The predicted molar refractivity (Wildman–Crippen MR) is 111 cm³/mol. The Hall–Kier alpha value is -1.74. The molecule has 4 rings (SSSR count). The van der Waals surface area contributed by atoms with Crippen LogP contribution in [0.25, 0.3) is 0 Å². The fraction of sp³-hybridized carbons (Fsp3) is 0.571. The second-order valence-corrected chi connectivity index (χ2v) is 10.1. The molecule has 0 amide bonds. The standard InChI is InChI=1S/C21H30N4O3S/c1-17-12-24(13-18(2)28-17)15-20-7-5-10-25(20)29(26,27)21-8-4-3-6-19(21)14-23-11-9-22-16-23/h3-4,6,8-9,11,16-18,20H,5,7,10,12-15H2,1-2H3/t17-,18+,20-/m0/s1. The van der Waals surface area contributed by atoms with Crippen LogP contribution in [0.2, 0.25) is 0 Å². The topological polar surface area (TPSA) is 67.7 Å². The maximum Gasteiger partial charge on any atom is 0.243 e. The minimum Gasteiger partial charge on any atom is -0.373 e. The normalized spacial score (nSPS) is 26.8. The molecule has 2 fully saturated rings. The zero-order chi connectivity index (χ0) is 20.4. The van der Waals surface area contributed by atoms with E-state index in [1.165, 1.54) is 0 Å². The van der Waals surface area contributed by atoms with Crippen molar-refractivity contribution in [3.05, 3.63) is 48.5 Å². The molecule has 29 heavy (non-hydrogen) atoms. The molecule has 3 atom stereocenters. The highest BCUT2D eigenvalue weighted by Crippen LogP contribution is 2.29. The van der Waals surface area contributed by atoms with E-state index in [2.05, 4.69) is 23.7 Å². The van der Waals surface area contributed by atoms with Gasteiger partial charge in [-0.2, -0.15) is 4.31 Å². The minimum absolute atomic E-state index is 0.0128. The van der Waals surface area contributed by atoms with Gasteiger partial charge in [0.05, 0.1) is 23.4 Å². The highest BCUT2D eigenvalue weighted by atomic mass is 32.2. The fourth-order valence-electron chi connectivity index (χ4n) is 4.63. The van der Waals surface area contributed by atoms with Crippen LogP contribution >= 0.6 is 0 Å². The van der Waals surface area contributed by atoms with Crippen LogP contribution in [0.5, 0.6) is 0 Å². The van der Waals surface area contributed by atoms with Crippen molar-refractivity contribution in [1.29, 1.82) is 0 Å². The molecule has 2 saturated heterocycles. The van der Waals surface area contributed by atoms with E-state index < -0.39 is 10.0 Å². The molecule has 0 N–H and O–H groups in total. The molecule has 2 aliphatic heterocycles. The van der Waals surface area contributed by atoms with Crippen LogP contribution in [-0.2, 0) is 21.3 Å². The van der Waals surface area contributed by atoms with Crippen molar-refractivity contribution < 1.29 is 13.2 Å². The first-order chi connectivity index (χ1) is 13.9. The zero-order valence-corrected chi connectivity index (χ0v) is 18.0. The second kappa shape index (κ2) is 8.55. The van der Waals surface area contributed by atoms with Crippen LogP contribution in [-0.4, -0.2) is 71.6 Å². The summed E-state index contributed by atoms with van der Waals surface area (Å²) in [4.78, 5) is 6.83. The maximum absolute atomic E-state index is 13.6. The maximum atomic E-state index is 13.6. The summed E-state index contributed by atoms with van der Waals surface area (Å²) in [6.07, 6.45) is 7.44. The van der Waals surface area contributed by atoms with Crippen LogP contribution in [0.15, 0.2) is 47.9 Å². The van der Waals surface area contributed by atoms with Crippen molar-refractivity contribution in [2.75, 3.05) is 26.2 Å². The monoisotopic (exact) mass is 418 g/mol. The van der Waals surface area contributed by atoms with Gasteiger partial charge >= 0.3 is 0 Å². The summed E-state index contributed by atoms with van der Waals surface area (Å²) in [5.74, 6) is 0. The average Bonchev–Trinajstić information content (AvgIpc) is 3.33. The molecule has 8 heteroatoms. The van der Waals surface area contributed by atoms with Crippen LogP contribution in [0.4, 0.5) is 0 Å². The number of imidazole rings is 1. The molecule has 0 radical (unpaired) electrons. The van der Waals surface area contributed by atoms with E-state index in [1.807, 2.05) is 22.9 Å². The lowest BCUT2D eigenvalue weighted by molar-refractivity contribution is -0.0707. The van der Waals surface area contributed by atoms with Gasteiger partial charge in [0.25, 0.3) is 0 Å². The molecule has 3 heterocycles. The number of hydrogen-bond acceptors (Lipinski definition) is 5. The summed E-state index contributed by atoms with van der Waals surface area (Å²) in [7, 11) is -3.56. The SMILES string of the molecule is C[C@@H]1CN(C[C@@H]2CCCN2S(=O)(=O)c2ccccc2Cn2ccnc2)C[C@H](C)O1. The van der Waals surface area contributed by atoms with Gasteiger partial charge in [-0.15, -0.1) is 0 Å². The number of nitrogens with zero attached hydrogens (tertiary/aromatic N) is 4. The van der Waals surface area contributed by atoms with Gasteiger partial charge in [-0.1, -0.05) is 18.2 Å². The smallest absolute Gasteiger partial charge is 0.243 e. The largest absolute Gasteiger partial charge is 0.373 e. The van der Waals surface area contributed by atoms with Crippen LogP contribution in [0.3, 0.4) is 0 Å². The molecular weight excluding hydrogens is 388 g/mol. The molecule has 1 aromatic heterocycles. The molecule has 0 aliphatic carbocycles. The summed E-state index contributed by atoms with van der Waals surface area (Å²) in [6, 6.07) is 7.34. The number of benzene rings is 1. The molecule has 7 nitrogen and oxygen atoms in total. The van der Waals surface area contributed by atoms with Crippen molar-refractivity contribution in [1.82, 2.24) is 18.8 Å². The van der Waals surface area contributed by atoms with Crippen molar-refractivity contribution >= 4 is 10.0 Å². The molecule has 2 aliphatic rings. The van der Waals surface area contributed by atoms with Gasteiger partial charge in [-0.05, 0) is 38.3 Å². The second-order valence-electron chi connectivity index (χ2n) is 8.23. The van der Waals surface area contributed by atoms with Gasteiger partial charge in [0.1, 0.15) is 0 Å². The Bertz CT molecular complexity index is 906. The van der Waals surface area contributed by atoms with Crippen LogP contribution in [0, 0.1) is 0 Å². The Labute approximate surface area is 173 Å². The lowest BCUT2D eigenvalue weighted by atomic mass is 10.1. The van der Waals surface area contributed by atoms with Gasteiger partial charge in [-0.25, -0.2) is 13.4 Å². The first kappa shape index (κ1) is 20.5. The Morgan fingerprint density at radius 3 is 2.66 bits per heavy atom. The highest BCUT2D eigenvalue weighted by Gasteiger charge is 2.38. The van der Waals surface area contributed by atoms with Gasteiger partial charge in [0, 0.05) is 51.2 Å². The first-order valence-corrected chi connectivity index (χ1v) is 11.8. The first-order valence-electron chi connectivity index (χ1n) is 10.4. The van der Waals surface area contributed by atoms with E-state index in [9.17, 15) is 8.42 Å². The third-order valence-corrected chi connectivity index (χ3v) is 7.81. The molecule has 1 aromatic carbocycles. The Balaban J connectivity index is 1.55. The molecule has 158 valence electrons. The highest BCUT2D eigenvalue weighted by molar-refractivity contribution is 7.89. The van der Waals surface area contributed by atoms with Gasteiger partial charge < -0.3 is 9.30 Å². The van der Waals surface area contributed by atoms with E-state index in [-0.39, 0.29) is 18.2 Å². The number of aromatic nitrogens is 2. The summed E-state index contributed by atoms with van der Waals surface area (Å²) in [5.41, 5.74) is 0.796. The molecule has 0 unspecified atom stereocenters. The van der Waals surface area contributed by atoms with E-state index in [1.54, 1.807) is 29.0 Å². The zero-order valence-electron chi connectivity index (χ0n) is 17.1. The molecule has 0 saturated carbocycles. The number of morpholine rings is 1. The summed E-state index contributed by atoms with van der Waals surface area (Å²) >= 11 is 0. The van der Waals surface area contributed by atoms with Crippen molar-refractivity contribution in [3.63, 3.8) is 0 Å². The number of sulfonamides is 1. The third-order valence-electron chi connectivity index (χ3n) is 5.76. The quantitative estimate of drug-likeness (QED) is 0.719. The summed E-state index contributed by atoms with van der Waals surface area (Å²) in [5, 5.41) is 0. The molecule has 0 bridgehead atoms. The summed E-state index contributed by atoms with van der Waals surface area (Å²) < 4.78 is 36.7. The van der Waals surface area contributed by atoms with Crippen molar-refractivity contribution in [3.8, 4) is 0 Å². The van der Waals surface area contributed by atoms with Crippen molar-refractivity contribution in [2.24, 2.45) is 0 Å². The van der Waals surface area contributed by atoms with Gasteiger partial charge in [0.15, 0.2) is 0 Å². The van der Waals surface area contributed by atoms with E-state index in [0.717, 1.165) is 38.0 Å². The Morgan fingerprint density at radius 1 is 1.17 bits per heavy atom. The number of ether oxygens (including phenoxy) is 1. The van der Waals surface area contributed by atoms with E-state index >= 15 is 0 Å². The minimum atomic E-state index is -3.56. The number of rotatable bonds is 6. The third kappa shape index (κ3) is 4.55. The predicted octanol–water partition coefficient (Wildman–Crippen LogP) is 2.19. The molecular formula is C21H30N4O3S. The van der Waals surface area contributed by atoms with E-state index in [4.69, 9.17) is 4.74 Å². The summed E-state index contributed by atoms with van der Waals surface area (Å²) in [6.45, 7) is 7.71. The van der Waals surface area contributed by atoms with E-state index in [0.29, 0.717) is 18.0 Å². The van der Waals surface area contributed by atoms with Crippen LogP contribution in [0.1, 0.15) is 32.3 Å². The van der Waals surface area contributed by atoms with Crippen molar-refractivity contribution in [2.45, 2.75) is 56.4 Å². The Kier molecular flexibility index (Phi) is 6.06. The number of hydrogen-bond donors (Lipinski definition) is 0. The fourth-order valence-corrected chi connectivity index (χ4v) is 6.53. The average molecular weight is 419 g/mol. The lowest BCUT2D eigenvalue weighted by Gasteiger charge is -2.38.